The highest BCUT2D eigenvalue weighted by Crippen LogP contribution is 2.08. The van der Waals surface area contributed by atoms with Crippen LogP contribution < -0.4 is 0 Å². The van der Waals surface area contributed by atoms with Crippen LogP contribution in [0.3, 0.4) is 0 Å². The second kappa shape index (κ2) is 7.16. The van der Waals surface area contributed by atoms with Crippen molar-refractivity contribution in [2.75, 3.05) is 13.2 Å². The van der Waals surface area contributed by atoms with E-state index in [1.807, 2.05) is 38.1 Å². The normalized spacial score (nSPS) is 11.1. The third kappa shape index (κ3) is 4.93. The Morgan fingerprint density at radius 1 is 0.789 bits per heavy atom. The lowest BCUT2D eigenvalue weighted by atomic mass is 10.4. The van der Waals surface area contributed by atoms with Gasteiger partial charge in [-0.2, -0.15) is 0 Å². The fraction of sp³-hybridized carbons (Fsp3) is 0.467. The van der Waals surface area contributed by atoms with Gasteiger partial charge in [0.2, 0.25) is 0 Å². The lowest BCUT2D eigenvalue weighted by Crippen LogP contribution is -2.01. The summed E-state index contributed by atoms with van der Waals surface area (Å²) < 4.78 is 21.8. The summed E-state index contributed by atoms with van der Waals surface area (Å²) in [6, 6.07) is 7.75. The molecule has 0 aliphatic rings. The molecule has 19 heavy (non-hydrogen) atoms. The van der Waals surface area contributed by atoms with Crippen molar-refractivity contribution >= 4 is 0 Å². The summed E-state index contributed by atoms with van der Waals surface area (Å²) in [6.07, 6.45) is 0.860. The molecule has 2 heterocycles. The zero-order chi connectivity index (χ0) is 13.5. The standard InChI is InChI=1S/C15H20O4/c1-12-4-6-14(18-12)10-16-8-3-9-17-11-15-7-5-13(2)19-15/h4-7H,3,8-11H2,1-2H3. The predicted molar refractivity (Wildman–Crippen MR) is 70.8 cm³/mol. The van der Waals surface area contributed by atoms with Crippen molar-refractivity contribution in [3.63, 3.8) is 0 Å². The van der Waals surface area contributed by atoms with Gasteiger partial charge in [0.05, 0.1) is 0 Å². The first-order chi connectivity index (χ1) is 9.24. The highest BCUT2D eigenvalue weighted by molar-refractivity contribution is 5.04. The molecular formula is C15H20O4. The maximum absolute atomic E-state index is 5.49. The summed E-state index contributed by atoms with van der Waals surface area (Å²) >= 11 is 0. The van der Waals surface area contributed by atoms with Crippen molar-refractivity contribution in [2.24, 2.45) is 0 Å². The second-order valence-corrected chi connectivity index (χ2v) is 4.48. The van der Waals surface area contributed by atoms with Crippen LogP contribution in [0, 0.1) is 13.8 Å². The Bertz CT molecular complexity index is 440. The van der Waals surface area contributed by atoms with Crippen LogP contribution in [0.25, 0.3) is 0 Å². The Hall–Kier alpha value is -1.52. The van der Waals surface area contributed by atoms with Crippen molar-refractivity contribution in [1.29, 1.82) is 0 Å². The Morgan fingerprint density at radius 2 is 1.26 bits per heavy atom. The van der Waals surface area contributed by atoms with Crippen molar-refractivity contribution in [1.82, 2.24) is 0 Å². The van der Waals surface area contributed by atoms with Gasteiger partial charge in [0.1, 0.15) is 36.3 Å². The number of furan rings is 2. The molecular weight excluding hydrogens is 244 g/mol. The smallest absolute Gasteiger partial charge is 0.129 e. The lowest BCUT2D eigenvalue weighted by molar-refractivity contribution is 0.0577. The first-order valence-electron chi connectivity index (χ1n) is 6.50. The van der Waals surface area contributed by atoms with E-state index in [1.54, 1.807) is 0 Å². The molecule has 4 nitrogen and oxygen atoms in total. The third-order valence-electron chi connectivity index (χ3n) is 2.66. The van der Waals surface area contributed by atoms with Crippen molar-refractivity contribution in [2.45, 2.75) is 33.5 Å². The van der Waals surface area contributed by atoms with E-state index in [-0.39, 0.29) is 0 Å². The third-order valence-corrected chi connectivity index (χ3v) is 2.66. The van der Waals surface area contributed by atoms with Gasteiger partial charge >= 0.3 is 0 Å². The quantitative estimate of drug-likeness (QED) is 0.683. The molecule has 0 bridgehead atoms. The van der Waals surface area contributed by atoms with Gasteiger partial charge in [0, 0.05) is 13.2 Å². The summed E-state index contributed by atoms with van der Waals surface area (Å²) in [5, 5.41) is 0. The highest BCUT2D eigenvalue weighted by atomic mass is 16.5. The van der Waals surface area contributed by atoms with Gasteiger partial charge < -0.3 is 18.3 Å². The molecule has 4 heteroatoms. The molecule has 0 unspecified atom stereocenters. The average molecular weight is 264 g/mol. The first kappa shape index (κ1) is 13.9. The van der Waals surface area contributed by atoms with E-state index in [0.717, 1.165) is 29.5 Å². The molecule has 0 atom stereocenters. The molecule has 0 fully saturated rings. The number of ether oxygens (including phenoxy) is 2. The molecule has 0 amide bonds. The van der Waals surface area contributed by atoms with E-state index >= 15 is 0 Å². The molecule has 0 aromatic carbocycles. The van der Waals surface area contributed by atoms with E-state index in [2.05, 4.69) is 0 Å². The minimum absolute atomic E-state index is 0.519. The van der Waals surface area contributed by atoms with Crippen LogP contribution in [-0.4, -0.2) is 13.2 Å². The topological polar surface area (TPSA) is 44.7 Å². The van der Waals surface area contributed by atoms with Crippen LogP contribution in [0.4, 0.5) is 0 Å². The van der Waals surface area contributed by atoms with E-state index in [0.29, 0.717) is 26.4 Å². The summed E-state index contributed by atoms with van der Waals surface area (Å²) in [5.74, 6) is 3.56. The molecule has 2 aromatic rings. The van der Waals surface area contributed by atoms with E-state index < -0.39 is 0 Å². The second-order valence-electron chi connectivity index (χ2n) is 4.48. The zero-order valence-electron chi connectivity index (χ0n) is 11.5. The summed E-state index contributed by atoms with van der Waals surface area (Å²) in [5.41, 5.74) is 0. The van der Waals surface area contributed by atoms with Crippen LogP contribution in [0.1, 0.15) is 29.5 Å². The molecule has 0 saturated carbocycles. The Morgan fingerprint density at radius 3 is 1.63 bits per heavy atom. The largest absolute Gasteiger partial charge is 0.464 e. The number of aryl methyl sites for hydroxylation is 2. The molecule has 0 spiro atoms. The minimum Gasteiger partial charge on any atom is -0.464 e. The van der Waals surface area contributed by atoms with Gasteiger partial charge in [-0.15, -0.1) is 0 Å². The number of rotatable bonds is 8. The van der Waals surface area contributed by atoms with Crippen LogP contribution in [0.5, 0.6) is 0 Å². The monoisotopic (exact) mass is 264 g/mol. The van der Waals surface area contributed by atoms with Crippen molar-refractivity contribution in [3.8, 4) is 0 Å². The maximum Gasteiger partial charge on any atom is 0.129 e. The first-order valence-corrected chi connectivity index (χ1v) is 6.50. The molecule has 0 radical (unpaired) electrons. The van der Waals surface area contributed by atoms with Gasteiger partial charge in [0.25, 0.3) is 0 Å². The maximum atomic E-state index is 5.49. The molecule has 0 aliphatic carbocycles. The highest BCUT2D eigenvalue weighted by Gasteiger charge is 2.00. The van der Waals surface area contributed by atoms with Crippen LogP contribution >= 0.6 is 0 Å². The minimum atomic E-state index is 0.519. The molecule has 0 saturated heterocycles. The summed E-state index contributed by atoms with van der Waals surface area (Å²) in [6.45, 7) is 6.21. The van der Waals surface area contributed by atoms with Gasteiger partial charge in [-0.25, -0.2) is 0 Å². The SMILES string of the molecule is Cc1ccc(COCCCOCc2ccc(C)o2)o1. The lowest BCUT2D eigenvalue weighted by Gasteiger charge is -2.03. The van der Waals surface area contributed by atoms with Crippen LogP contribution in [0.15, 0.2) is 33.1 Å². The number of hydrogen-bond donors (Lipinski definition) is 0. The molecule has 0 aliphatic heterocycles. The van der Waals surface area contributed by atoms with Gasteiger partial charge in [-0.1, -0.05) is 0 Å². The molecule has 104 valence electrons. The fourth-order valence-electron chi connectivity index (χ4n) is 1.73. The van der Waals surface area contributed by atoms with Gasteiger partial charge in [0.15, 0.2) is 0 Å². The Kier molecular flexibility index (Phi) is 5.24. The van der Waals surface area contributed by atoms with Crippen LogP contribution in [0.2, 0.25) is 0 Å². The number of hydrogen-bond acceptors (Lipinski definition) is 4. The summed E-state index contributed by atoms with van der Waals surface area (Å²) in [4.78, 5) is 0. The average Bonchev–Trinajstić information content (AvgIpc) is 2.97. The zero-order valence-corrected chi connectivity index (χ0v) is 11.5. The molecule has 2 rings (SSSR count). The van der Waals surface area contributed by atoms with Gasteiger partial charge in [-0.05, 0) is 44.5 Å². The molecule has 0 N–H and O–H groups in total. The Balaban J connectivity index is 1.48. The fourth-order valence-corrected chi connectivity index (χ4v) is 1.73. The Labute approximate surface area is 113 Å². The predicted octanol–water partition coefficient (Wildman–Crippen LogP) is 3.61. The van der Waals surface area contributed by atoms with E-state index in [4.69, 9.17) is 18.3 Å². The van der Waals surface area contributed by atoms with Crippen LogP contribution in [-0.2, 0) is 22.7 Å². The van der Waals surface area contributed by atoms with E-state index in [9.17, 15) is 0 Å². The van der Waals surface area contributed by atoms with Crippen molar-refractivity contribution < 1.29 is 18.3 Å². The van der Waals surface area contributed by atoms with Gasteiger partial charge in [-0.3, -0.25) is 0 Å². The molecule has 2 aromatic heterocycles. The van der Waals surface area contributed by atoms with Crippen molar-refractivity contribution in [3.05, 3.63) is 47.3 Å². The van der Waals surface area contributed by atoms with E-state index in [1.165, 1.54) is 0 Å². The summed E-state index contributed by atoms with van der Waals surface area (Å²) in [7, 11) is 0.